The maximum Gasteiger partial charge on any atom is 0.209 e. The number of hydrogen-bond acceptors (Lipinski definition) is 4. The van der Waals surface area contributed by atoms with Crippen molar-refractivity contribution in [1.82, 2.24) is 0 Å². The van der Waals surface area contributed by atoms with Gasteiger partial charge in [0.05, 0.1) is 24.9 Å². The van der Waals surface area contributed by atoms with Gasteiger partial charge in [0.1, 0.15) is 0 Å². The molecule has 0 saturated heterocycles. The van der Waals surface area contributed by atoms with Gasteiger partial charge in [-0.15, -0.1) is 0 Å². The first kappa shape index (κ1) is 22.2. The molecule has 0 aromatic carbocycles. The monoisotopic (exact) mass is 400 g/mol. The van der Waals surface area contributed by atoms with Gasteiger partial charge in [-0.2, -0.15) is 0 Å². The Bertz CT molecular complexity index is 766. The summed E-state index contributed by atoms with van der Waals surface area (Å²) in [5.74, 6) is -0.967. The van der Waals surface area contributed by atoms with E-state index in [9.17, 15) is 10.2 Å². The molecular weight excluding hydrogens is 364 g/mol. The molecule has 0 aromatic rings. The topological polar surface area (TPSA) is 58.9 Å². The standard InChI is InChI=1S/C25H36O4/c1-16(2)7-6-8-17(3)9-21-10-18(4)13-25(28-21)14-20(15-26)22-12-23(27)19(5)11-24(22)29-25/h7,9,11,13-14,21-24,26-27H,6,8,10,12,15H2,1-5H3/t21-,22-,23-,24-,25+/m1/s1. The summed E-state index contributed by atoms with van der Waals surface area (Å²) in [6.07, 6.45) is 13.2. The summed E-state index contributed by atoms with van der Waals surface area (Å²) in [7, 11) is 0. The van der Waals surface area contributed by atoms with Crippen molar-refractivity contribution in [3.8, 4) is 0 Å². The molecule has 0 bridgehead atoms. The van der Waals surface area contributed by atoms with Crippen LogP contribution in [0.5, 0.6) is 0 Å². The lowest BCUT2D eigenvalue weighted by atomic mass is 9.78. The van der Waals surface area contributed by atoms with E-state index in [1.807, 2.05) is 25.2 Å². The molecule has 0 amide bonds. The molecule has 160 valence electrons. The van der Waals surface area contributed by atoms with Gasteiger partial charge >= 0.3 is 0 Å². The van der Waals surface area contributed by atoms with Gasteiger partial charge in [0, 0.05) is 5.92 Å². The second-order valence-corrected chi connectivity index (χ2v) is 9.13. The van der Waals surface area contributed by atoms with Gasteiger partial charge in [0.15, 0.2) is 0 Å². The average Bonchev–Trinajstić information content (AvgIpc) is 2.61. The van der Waals surface area contributed by atoms with Crippen molar-refractivity contribution in [3.63, 3.8) is 0 Å². The third-order valence-electron chi connectivity index (χ3n) is 6.06. The van der Waals surface area contributed by atoms with Crippen LogP contribution < -0.4 is 0 Å². The van der Waals surface area contributed by atoms with Crippen molar-refractivity contribution in [2.75, 3.05) is 6.61 Å². The number of hydrogen-bond donors (Lipinski definition) is 2. The highest BCUT2D eigenvalue weighted by Crippen LogP contribution is 2.43. The van der Waals surface area contributed by atoms with Crippen molar-refractivity contribution in [2.24, 2.45) is 5.92 Å². The summed E-state index contributed by atoms with van der Waals surface area (Å²) in [6.45, 7) is 10.4. The highest BCUT2D eigenvalue weighted by molar-refractivity contribution is 5.32. The van der Waals surface area contributed by atoms with Crippen LogP contribution in [0.3, 0.4) is 0 Å². The second-order valence-electron chi connectivity index (χ2n) is 9.13. The summed E-state index contributed by atoms with van der Waals surface area (Å²) in [4.78, 5) is 0. The van der Waals surface area contributed by atoms with E-state index in [1.54, 1.807) is 0 Å². The Kier molecular flexibility index (Phi) is 7.00. The lowest BCUT2D eigenvalue weighted by Crippen LogP contribution is -2.49. The molecule has 4 nitrogen and oxygen atoms in total. The number of rotatable bonds is 5. The van der Waals surface area contributed by atoms with E-state index in [4.69, 9.17) is 9.47 Å². The zero-order valence-electron chi connectivity index (χ0n) is 18.4. The van der Waals surface area contributed by atoms with Gasteiger partial charge in [0.25, 0.3) is 0 Å². The Hall–Kier alpha value is -1.46. The molecule has 1 spiro atoms. The van der Waals surface area contributed by atoms with Crippen molar-refractivity contribution >= 4 is 0 Å². The van der Waals surface area contributed by atoms with Crippen molar-refractivity contribution in [2.45, 2.75) is 84.4 Å². The van der Waals surface area contributed by atoms with E-state index in [0.29, 0.717) is 6.42 Å². The predicted molar refractivity (Wildman–Crippen MR) is 116 cm³/mol. The maximum absolute atomic E-state index is 10.2. The fraction of sp³-hybridized carbons (Fsp3) is 0.600. The first-order valence-corrected chi connectivity index (χ1v) is 10.7. The first-order valence-electron chi connectivity index (χ1n) is 10.7. The highest BCUT2D eigenvalue weighted by atomic mass is 16.7. The molecule has 0 saturated carbocycles. The van der Waals surface area contributed by atoms with Crippen molar-refractivity contribution in [1.29, 1.82) is 0 Å². The molecule has 0 fully saturated rings. The SMILES string of the molecule is CC(C)=CCCC(C)=C[C@@H]1CC(C)=C[C@]2(C=C(CO)[C@H]3C[C@@H](O)C(C)=C[C@H]3O2)O1. The average molecular weight is 401 g/mol. The van der Waals surface area contributed by atoms with Gasteiger partial charge in [-0.3, -0.25) is 0 Å². The normalized spacial score (nSPS) is 34.9. The minimum absolute atomic E-state index is 0.0108. The third-order valence-corrected chi connectivity index (χ3v) is 6.06. The van der Waals surface area contributed by atoms with Crippen molar-refractivity contribution in [3.05, 3.63) is 58.2 Å². The summed E-state index contributed by atoms with van der Waals surface area (Å²) < 4.78 is 12.9. The molecule has 29 heavy (non-hydrogen) atoms. The zero-order valence-corrected chi connectivity index (χ0v) is 18.4. The minimum atomic E-state index is -0.956. The molecule has 0 unspecified atom stereocenters. The van der Waals surface area contributed by atoms with E-state index in [2.05, 4.69) is 39.8 Å². The Morgan fingerprint density at radius 1 is 1.21 bits per heavy atom. The molecule has 3 rings (SSSR count). The van der Waals surface area contributed by atoms with Crippen LogP contribution in [0.25, 0.3) is 0 Å². The van der Waals surface area contributed by atoms with Crippen LogP contribution in [0.4, 0.5) is 0 Å². The lowest BCUT2D eigenvalue weighted by Gasteiger charge is -2.46. The number of aliphatic hydroxyl groups is 2. The Balaban J connectivity index is 1.82. The molecule has 5 atom stereocenters. The first-order chi connectivity index (χ1) is 13.7. The van der Waals surface area contributed by atoms with Crippen LogP contribution >= 0.6 is 0 Å². The number of fused-ring (bicyclic) bond motifs is 1. The van der Waals surface area contributed by atoms with Crippen LogP contribution in [0.15, 0.2) is 58.2 Å². The van der Waals surface area contributed by atoms with Gasteiger partial charge < -0.3 is 19.7 Å². The van der Waals surface area contributed by atoms with Gasteiger partial charge in [-0.05, 0) is 83.6 Å². The van der Waals surface area contributed by atoms with Crippen LogP contribution in [0, 0.1) is 5.92 Å². The van der Waals surface area contributed by atoms with Crippen LogP contribution in [0.2, 0.25) is 0 Å². The summed E-state index contributed by atoms with van der Waals surface area (Å²) >= 11 is 0. The number of ether oxygens (including phenoxy) is 2. The summed E-state index contributed by atoms with van der Waals surface area (Å²) in [6, 6.07) is 0. The lowest BCUT2D eigenvalue weighted by molar-refractivity contribution is -0.226. The fourth-order valence-electron chi connectivity index (χ4n) is 4.55. The predicted octanol–water partition coefficient (Wildman–Crippen LogP) is 4.76. The summed E-state index contributed by atoms with van der Waals surface area (Å²) in [5, 5.41) is 20.2. The van der Waals surface area contributed by atoms with E-state index in [-0.39, 0.29) is 24.7 Å². The molecular formula is C25H36O4. The Morgan fingerprint density at radius 2 is 1.97 bits per heavy atom. The van der Waals surface area contributed by atoms with Gasteiger partial charge in [-0.1, -0.05) is 34.9 Å². The second kappa shape index (κ2) is 9.13. The Morgan fingerprint density at radius 3 is 2.66 bits per heavy atom. The third kappa shape index (κ3) is 5.37. The molecule has 0 aromatic heterocycles. The number of aliphatic hydroxyl groups excluding tert-OH is 2. The molecule has 2 heterocycles. The molecule has 2 N–H and O–H groups in total. The smallest absolute Gasteiger partial charge is 0.209 e. The van der Waals surface area contributed by atoms with Crippen LogP contribution in [-0.2, 0) is 9.47 Å². The van der Waals surface area contributed by atoms with Crippen molar-refractivity contribution < 1.29 is 19.7 Å². The van der Waals surface area contributed by atoms with Crippen LogP contribution in [-0.4, -0.2) is 40.9 Å². The molecule has 0 radical (unpaired) electrons. The Labute approximate surface area is 175 Å². The van der Waals surface area contributed by atoms with E-state index in [1.165, 1.54) is 16.7 Å². The number of allylic oxidation sites excluding steroid dienone is 3. The van der Waals surface area contributed by atoms with Crippen LogP contribution in [0.1, 0.15) is 60.3 Å². The molecule has 3 aliphatic rings. The quantitative estimate of drug-likeness (QED) is 0.654. The van der Waals surface area contributed by atoms with Gasteiger partial charge in [-0.25, -0.2) is 0 Å². The largest absolute Gasteiger partial charge is 0.392 e. The summed E-state index contributed by atoms with van der Waals surface area (Å²) in [5.41, 5.74) is 5.69. The maximum atomic E-state index is 10.2. The highest BCUT2D eigenvalue weighted by Gasteiger charge is 2.45. The molecule has 1 aliphatic carbocycles. The van der Waals surface area contributed by atoms with E-state index < -0.39 is 11.9 Å². The van der Waals surface area contributed by atoms with E-state index >= 15 is 0 Å². The van der Waals surface area contributed by atoms with E-state index in [0.717, 1.165) is 30.4 Å². The van der Waals surface area contributed by atoms with Gasteiger partial charge in [0.2, 0.25) is 5.79 Å². The fourth-order valence-corrected chi connectivity index (χ4v) is 4.55. The minimum Gasteiger partial charge on any atom is -0.392 e. The molecule has 2 aliphatic heterocycles. The zero-order chi connectivity index (χ0) is 21.2. The molecule has 4 heteroatoms.